The molecular weight excluding hydrogens is 252 g/mol. The van der Waals surface area contributed by atoms with Gasteiger partial charge in [-0.15, -0.1) is 0 Å². The first-order chi connectivity index (χ1) is 9.69. The fourth-order valence-electron chi connectivity index (χ4n) is 2.85. The zero-order valence-electron chi connectivity index (χ0n) is 12.4. The highest BCUT2D eigenvalue weighted by Crippen LogP contribution is 2.39. The zero-order chi connectivity index (χ0) is 14.1. The fraction of sp³-hybridized carbons (Fsp3) is 0.733. The van der Waals surface area contributed by atoms with Gasteiger partial charge in [0.2, 0.25) is 0 Å². The van der Waals surface area contributed by atoms with Crippen LogP contribution in [0.5, 0.6) is 0 Å². The van der Waals surface area contributed by atoms with E-state index in [1.165, 1.54) is 12.8 Å². The minimum Gasteiger partial charge on any atom is -0.383 e. The Labute approximate surface area is 120 Å². The molecule has 0 amide bonds. The number of anilines is 2. The van der Waals surface area contributed by atoms with Crippen LogP contribution in [0.25, 0.3) is 0 Å². The van der Waals surface area contributed by atoms with Crippen molar-refractivity contribution in [3.05, 3.63) is 11.4 Å². The van der Waals surface area contributed by atoms with Gasteiger partial charge in [0.25, 0.3) is 0 Å². The van der Waals surface area contributed by atoms with Crippen molar-refractivity contribution in [1.29, 1.82) is 0 Å². The Morgan fingerprint density at radius 2 is 2.10 bits per heavy atom. The molecule has 3 N–H and O–H groups in total. The molecule has 0 aromatic carbocycles. The van der Waals surface area contributed by atoms with E-state index < -0.39 is 0 Å². The molecule has 1 aliphatic heterocycles. The smallest absolute Gasteiger partial charge is 0.136 e. The molecule has 0 radical (unpaired) electrons. The average molecular weight is 276 g/mol. The lowest BCUT2D eigenvalue weighted by Crippen LogP contribution is -2.23. The summed E-state index contributed by atoms with van der Waals surface area (Å²) in [4.78, 5) is 9.07. The predicted octanol–water partition coefficient (Wildman–Crippen LogP) is 2.47. The summed E-state index contributed by atoms with van der Waals surface area (Å²) >= 11 is 0. The van der Waals surface area contributed by atoms with E-state index in [-0.39, 0.29) is 0 Å². The maximum atomic E-state index is 6.01. The zero-order valence-corrected chi connectivity index (χ0v) is 12.4. The number of nitrogens with one attached hydrogen (secondary N) is 1. The van der Waals surface area contributed by atoms with Crippen molar-refractivity contribution in [2.45, 2.75) is 51.6 Å². The van der Waals surface area contributed by atoms with Crippen LogP contribution in [0.4, 0.5) is 11.6 Å². The number of aromatic nitrogens is 2. The summed E-state index contributed by atoms with van der Waals surface area (Å²) in [5.41, 5.74) is 6.97. The van der Waals surface area contributed by atoms with Crippen molar-refractivity contribution in [2.24, 2.45) is 5.92 Å². The maximum absolute atomic E-state index is 6.01. The normalized spacial score (nSPS) is 25.9. The molecule has 110 valence electrons. The van der Waals surface area contributed by atoms with Gasteiger partial charge in [0.15, 0.2) is 0 Å². The molecule has 20 heavy (non-hydrogen) atoms. The van der Waals surface area contributed by atoms with Crippen LogP contribution in [-0.4, -0.2) is 29.2 Å². The Morgan fingerprint density at radius 1 is 1.30 bits per heavy atom. The van der Waals surface area contributed by atoms with Crippen LogP contribution >= 0.6 is 0 Å². The average Bonchev–Trinajstić information content (AvgIpc) is 3.19. The lowest BCUT2D eigenvalue weighted by atomic mass is 10.00. The van der Waals surface area contributed by atoms with Crippen molar-refractivity contribution in [3.63, 3.8) is 0 Å². The van der Waals surface area contributed by atoms with Crippen LogP contribution < -0.4 is 11.1 Å². The highest BCUT2D eigenvalue weighted by molar-refractivity contribution is 5.55. The van der Waals surface area contributed by atoms with Gasteiger partial charge in [0, 0.05) is 30.6 Å². The molecule has 2 heterocycles. The molecule has 3 rings (SSSR count). The summed E-state index contributed by atoms with van der Waals surface area (Å²) in [6.07, 6.45) is 4.96. The predicted molar refractivity (Wildman–Crippen MR) is 79.8 cm³/mol. The summed E-state index contributed by atoms with van der Waals surface area (Å²) in [7, 11) is 0. The van der Waals surface area contributed by atoms with Crippen LogP contribution in [0.2, 0.25) is 0 Å². The molecule has 0 bridgehead atoms. The Bertz CT molecular complexity index is 487. The van der Waals surface area contributed by atoms with Crippen molar-refractivity contribution < 1.29 is 4.74 Å². The molecule has 1 aromatic heterocycles. The molecule has 1 aliphatic carbocycles. The van der Waals surface area contributed by atoms with Crippen molar-refractivity contribution >= 4 is 11.6 Å². The molecule has 1 saturated carbocycles. The monoisotopic (exact) mass is 276 g/mol. The molecule has 0 spiro atoms. The van der Waals surface area contributed by atoms with Crippen LogP contribution in [-0.2, 0) is 4.74 Å². The van der Waals surface area contributed by atoms with Gasteiger partial charge in [-0.2, -0.15) is 0 Å². The van der Waals surface area contributed by atoms with Crippen molar-refractivity contribution in [3.8, 4) is 0 Å². The third kappa shape index (κ3) is 2.73. The van der Waals surface area contributed by atoms with E-state index in [4.69, 9.17) is 10.5 Å². The van der Waals surface area contributed by atoms with Gasteiger partial charge in [-0.25, -0.2) is 9.97 Å². The second-order valence-corrected chi connectivity index (χ2v) is 5.96. The first-order valence-electron chi connectivity index (χ1n) is 7.68. The second-order valence-electron chi connectivity index (χ2n) is 5.96. The minimum atomic E-state index is 0.380. The maximum Gasteiger partial charge on any atom is 0.136 e. The molecule has 5 nitrogen and oxygen atoms in total. The van der Waals surface area contributed by atoms with Gasteiger partial charge >= 0.3 is 0 Å². The van der Waals surface area contributed by atoms with E-state index in [1.807, 2.05) is 6.92 Å². The van der Waals surface area contributed by atoms with Gasteiger partial charge in [-0.3, -0.25) is 0 Å². The SMILES string of the molecule is CCC1OCCC1CNc1nc(C2CC2)nc(N)c1C. The summed E-state index contributed by atoms with van der Waals surface area (Å²) in [5.74, 6) is 3.52. The summed E-state index contributed by atoms with van der Waals surface area (Å²) < 4.78 is 5.73. The Balaban J connectivity index is 1.70. The van der Waals surface area contributed by atoms with E-state index in [0.29, 0.717) is 23.8 Å². The Kier molecular flexibility index (Phi) is 3.78. The van der Waals surface area contributed by atoms with Gasteiger partial charge in [-0.1, -0.05) is 6.92 Å². The third-order valence-electron chi connectivity index (χ3n) is 4.42. The third-order valence-corrected chi connectivity index (χ3v) is 4.42. The topological polar surface area (TPSA) is 73.1 Å². The van der Waals surface area contributed by atoms with Crippen molar-refractivity contribution in [2.75, 3.05) is 24.2 Å². The van der Waals surface area contributed by atoms with Crippen LogP contribution in [0.1, 0.15) is 49.9 Å². The van der Waals surface area contributed by atoms with Crippen LogP contribution in [0, 0.1) is 12.8 Å². The first-order valence-corrected chi connectivity index (χ1v) is 7.68. The minimum absolute atomic E-state index is 0.380. The summed E-state index contributed by atoms with van der Waals surface area (Å²) in [6.45, 7) is 5.95. The fourth-order valence-corrected chi connectivity index (χ4v) is 2.85. The highest BCUT2D eigenvalue weighted by atomic mass is 16.5. The van der Waals surface area contributed by atoms with E-state index in [9.17, 15) is 0 Å². The standard InChI is InChI=1S/C15H24N4O/c1-3-12-11(6-7-20-12)8-17-14-9(2)13(16)18-15(19-14)10-4-5-10/h10-12H,3-8H2,1-2H3,(H3,16,17,18,19). The number of nitrogens with zero attached hydrogens (tertiary/aromatic N) is 2. The lowest BCUT2D eigenvalue weighted by molar-refractivity contribution is 0.0900. The number of nitrogens with two attached hydrogens (primary N) is 1. The van der Waals surface area contributed by atoms with E-state index in [1.54, 1.807) is 0 Å². The quantitative estimate of drug-likeness (QED) is 0.864. The summed E-state index contributed by atoms with van der Waals surface area (Å²) in [6, 6.07) is 0. The Hall–Kier alpha value is -1.36. The molecule has 2 unspecified atom stereocenters. The van der Waals surface area contributed by atoms with Crippen LogP contribution in [0.3, 0.4) is 0 Å². The molecule has 2 aliphatic rings. The highest BCUT2D eigenvalue weighted by Gasteiger charge is 2.29. The molecule has 1 saturated heterocycles. The van der Waals surface area contributed by atoms with E-state index >= 15 is 0 Å². The van der Waals surface area contributed by atoms with Crippen LogP contribution in [0.15, 0.2) is 0 Å². The van der Waals surface area contributed by atoms with Crippen molar-refractivity contribution in [1.82, 2.24) is 9.97 Å². The number of nitrogen functional groups attached to an aromatic ring is 1. The van der Waals surface area contributed by atoms with E-state index in [2.05, 4.69) is 22.2 Å². The Morgan fingerprint density at radius 3 is 2.80 bits per heavy atom. The van der Waals surface area contributed by atoms with Gasteiger partial charge < -0.3 is 15.8 Å². The first kappa shape index (κ1) is 13.6. The van der Waals surface area contributed by atoms with Gasteiger partial charge in [0.1, 0.15) is 17.5 Å². The molecule has 2 atom stereocenters. The molecule has 5 heteroatoms. The molecular formula is C15H24N4O. The number of ether oxygens (including phenoxy) is 1. The lowest BCUT2D eigenvalue weighted by Gasteiger charge is -2.19. The van der Waals surface area contributed by atoms with E-state index in [0.717, 1.165) is 43.2 Å². The second kappa shape index (κ2) is 5.56. The molecule has 1 aromatic rings. The number of hydrogen-bond donors (Lipinski definition) is 2. The number of hydrogen-bond acceptors (Lipinski definition) is 5. The van der Waals surface area contributed by atoms with Gasteiger partial charge in [0.05, 0.1) is 6.10 Å². The number of rotatable bonds is 5. The molecule has 2 fully saturated rings. The van der Waals surface area contributed by atoms with Gasteiger partial charge in [-0.05, 0) is 32.6 Å². The largest absolute Gasteiger partial charge is 0.383 e. The summed E-state index contributed by atoms with van der Waals surface area (Å²) in [5, 5.41) is 3.47.